The van der Waals surface area contributed by atoms with Crippen LogP contribution in [0.3, 0.4) is 0 Å². The van der Waals surface area contributed by atoms with Gasteiger partial charge in [0.25, 0.3) is 0 Å². The van der Waals surface area contributed by atoms with Gasteiger partial charge in [0.05, 0.1) is 0 Å². The van der Waals surface area contributed by atoms with E-state index in [1.54, 1.807) is 0 Å². The van der Waals surface area contributed by atoms with Gasteiger partial charge in [-0.1, -0.05) is 12.1 Å². The molecule has 1 fully saturated rings. The maximum Gasteiger partial charge on any atom is 0.0366 e. The monoisotopic (exact) mass is 204 g/mol. The molecule has 2 N–H and O–H groups in total. The highest BCUT2D eigenvalue weighted by Crippen LogP contribution is 2.23. The molecule has 0 amide bonds. The van der Waals surface area contributed by atoms with Crippen LogP contribution in [0.15, 0.2) is 24.3 Å². The summed E-state index contributed by atoms with van der Waals surface area (Å²) in [4.78, 5) is 2.44. The Bertz CT molecular complexity index is 315. The lowest BCUT2D eigenvalue weighted by Gasteiger charge is -2.22. The molecular formula is C13H20N2. The average Bonchev–Trinajstić information content (AvgIpc) is 2.69. The summed E-state index contributed by atoms with van der Waals surface area (Å²) in [6, 6.07) is 8.67. The van der Waals surface area contributed by atoms with Crippen molar-refractivity contribution in [3.05, 3.63) is 29.8 Å². The second kappa shape index (κ2) is 3.86. The van der Waals surface area contributed by atoms with Gasteiger partial charge in [-0.25, -0.2) is 0 Å². The first kappa shape index (κ1) is 10.5. The van der Waals surface area contributed by atoms with Crippen molar-refractivity contribution in [3.63, 3.8) is 0 Å². The molecule has 1 saturated heterocycles. The minimum atomic E-state index is -0.233. The minimum Gasteiger partial charge on any atom is -0.372 e. The lowest BCUT2D eigenvalue weighted by Crippen LogP contribution is -2.28. The van der Waals surface area contributed by atoms with Crippen LogP contribution in [0, 0.1) is 0 Å². The number of hydrogen-bond donors (Lipinski definition) is 1. The smallest absolute Gasteiger partial charge is 0.0366 e. The maximum atomic E-state index is 6.05. The molecule has 0 aliphatic carbocycles. The van der Waals surface area contributed by atoms with E-state index >= 15 is 0 Å². The van der Waals surface area contributed by atoms with Gasteiger partial charge in [0.1, 0.15) is 0 Å². The third-order valence-electron chi connectivity index (χ3n) is 3.08. The van der Waals surface area contributed by atoms with E-state index in [0.29, 0.717) is 0 Å². The fraction of sp³-hybridized carbons (Fsp3) is 0.538. The Kier molecular flexibility index (Phi) is 2.70. The van der Waals surface area contributed by atoms with E-state index in [1.807, 2.05) is 13.8 Å². The van der Waals surface area contributed by atoms with Crippen molar-refractivity contribution >= 4 is 5.69 Å². The van der Waals surface area contributed by atoms with Crippen LogP contribution in [0.5, 0.6) is 0 Å². The molecule has 0 spiro atoms. The van der Waals surface area contributed by atoms with Gasteiger partial charge in [-0.05, 0) is 44.4 Å². The molecule has 1 aromatic carbocycles. The second-order valence-corrected chi connectivity index (χ2v) is 4.96. The zero-order valence-electron chi connectivity index (χ0n) is 9.66. The highest BCUT2D eigenvalue weighted by molar-refractivity contribution is 5.49. The van der Waals surface area contributed by atoms with Gasteiger partial charge in [0, 0.05) is 24.3 Å². The van der Waals surface area contributed by atoms with Crippen molar-refractivity contribution in [1.29, 1.82) is 0 Å². The summed E-state index contributed by atoms with van der Waals surface area (Å²) < 4.78 is 0. The number of nitrogens with two attached hydrogens (primary N) is 1. The first-order valence-electron chi connectivity index (χ1n) is 5.72. The Morgan fingerprint density at radius 3 is 2.07 bits per heavy atom. The van der Waals surface area contributed by atoms with Gasteiger partial charge >= 0.3 is 0 Å². The van der Waals surface area contributed by atoms with Crippen LogP contribution in [-0.2, 0) is 5.54 Å². The highest BCUT2D eigenvalue weighted by atomic mass is 15.1. The van der Waals surface area contributed by atoms with E-state index in [9.17, 15) is 0 Å². The molecule has 0 atom stereocenters. The van der Waals surface area contributed by atoms with Crippen LogP contribution < -0.4 is 10.6 Å². The topological polar surface area (TPSA) is 29.3 Å². The Morgan fingerprint density at radius 1 is 1.07 bits per heavy atom. The molecule has 2 heteroatoms. The summed E-state index contributed by atoms with van der Waals surface area (Å²) in [6.07, 6.45) is 2.65. The van der Waals surface area contributed by atoms with Crippen molar-refractivity contribution in [2.75, 3.05) is 18.0 Å². The fourth-order valence-electron chi connectivity index (χ4n) is 2.08. The SMILES string of the molecule is CC(C)(N)c1ccc(N2CCCC2)cc1. The molecular weight excluding hydrogens is 184 g/mol. The van der Waals surface area contributed by atoms with Crippen LogP contribution in [-0.4, -0.2) is 13.1 Å². The van der Waals surface area contributed by atoms with Gasteiger partial charge in [0.2, 0.25) is 0 Å². The van der Waals surface area contributed by atoms with Crippen molar-refractivity contribution in [2.45, 2.75) is 32.2 Å². The molecule has 15 heavy (non-hydrogen) atoms. The molecule has 1 aromatic rings. The van der Waals surface area contributed by atoms with E-state index < -0.39 is 0 Å². The third-order valence-corrected chi connectivity index (χ3v) is 3.08. The molecule has 82 valence electrons. The molecule has 0 bridgehead atoms. The van der Waals surface area contributed by atoms with E-state index in [-0.39, 0.29) is 5.54 Å². The number of hydrogen-bond acceptors (Lipinski definition) is 2. The zero-order valence-corrected chi connectivity index (χ0v) is 9.66. The number of benzene rings is 1. The predicted molar refractivity (Wildman–Crippen MR) is 65.1 cm³/mol. The average molecular weight is 204 g/mol. The first-order valence-corrected chi connectivity index (χ1v) is 5.72. The van der Waals surface area contributed by atoms with E-state index in [0.717, 1.165) is 0 Å². The summed E-state index contributed by atoms with van der Waals surface area (Å²) in [6.45, 7) is 6.48. The Morgan fingerprint density at radius 2 is 1.60 bits per heavy atom. The van der Waals surface area contributed by atoms with Gasteiger partial charge < -0.3 is 10.6 Å². The minimum absolute atomic E-state index is 0.233. The lowest BCUT2D eigenvalue weighted by molar-refractivity contribution is 0.554. The van der Waals surface area contributed by atoms with Gasteiger partial charge in [-0.15, -0.1) is 0 Å². The van der Waals surface area contributed by atoms with E-state index in [4.69, 9.17) is 5.73 Å². The summed E-state index contributed by atoms with van der Waals surface area (Å²) >= 11 is 0. The van der Waals surface area contributed by atoms with Crippen LogP contribution in [0.2, 0.25) is 0 Å². The Balaban J connectivity index is 2.16. The van der Waals surface area contributed by atoms with Crippen molar-refractivity contribution in [3.8, 4) is 0 Å². The van der Waals surface area contributed by atoms with Gasteiger partial charge in [-0.2, -0.15) is 0 Å². The van der Waals surface area contributed by atoms with Gasteiger partial charge in [0.15, 0.2) is 0 Å². The molecule has 0 radical (unpaired) electrons. The summed E-state index contributed by atoms with van der Waals surface area (Å²) in [5, 5.41) is 0. The molecule has 1 heterocycles. The van der Waals surface area contributed by atoms with Crippen LogP contribution in [0.25, 0.3) is 0 Å². The first-order chi connectivity index (χ1) is 7.07. The third kappa shape index (κ3) is 2.32. The van der Waals surface area contributed by atoms with Gasteiger partial charge in [-0.3, -0.25) is 0 Å². The second-order valence-electron chi connectivity index (χ2n) is 4.96. The van der Waals surface area contributed by atoms with Crippen molar-refractivity contribution in [2.24, 2.45) is 5.73 Å². The number of nitrogens with zero attached hydrogens (tertiary/aromatic N) is 1. The van der Waals surface area contributed by atoms with Crippen molar-refractivity contribution in [1.82, 2.24) is 0 Å². The Hall–Kier alpha value is -1.02. The molecule has 1 aliphatic rings. The summed E-state index contributed by atoms with van der Waals surface area (Å²) in [5.41, 5.74) is 8.35. The van der Waals surface area contributed by atoms with E-state index in [2.05, 4.69) is 29.2 Å². The fourth-order valence-corrected chi connectivity index (χ4v) is 2.08. The highest BCUT2D eigenvalue weighted by Gasteiger charge is 2.15. The van der Waals surface area contributed by atoms with Crippen molar-refractivity contribution < 1.29 is 0 Å². The van der Waals surface area contributed by atoms with Crippen LogP contribution in [0.1, 0.15) is 32.3 Å². The summed E-state index contributed by atoms with van der Waals surface area (Å²) in [5.74, 6) is 0. The molecule has 1 aliphatic heterocycles. The summed E-state index contributed by atoms with van der Waals surface area (Å²) in [7, 11) is 0. The molecule has 2 nitrogen and oxygen atoms in total. The normalized spacial score (nSPS) is 17.1. The zero-order chi connectivity index (χ0) is 10.9. The quantitative estimate of drug-likeness (QED) is 0.802. The standard InChI is InChI=1S/C13H20N2/c1-13(2,14)11-5-7-12(8-6-11)15-9-3-4-10-15/h5-8H,3-4,9-10,14H2,1-2H3. The molecule has 2 rings (SSSR count). The van der Waals surface area contributed by atoms with Crippen LogP contribution >= 0.6 is 0 Å². The molecule has 0 unspecified atom stereocenters. The van der Waals surface area contributed by atoms with E-state index in [1.165, 1.54) is 37.2 Å². The molecule has 0 aromatic heterocycles. The maximum absolute atomic E-state index is 6.05. The number of anilines is 1. The van der Waals surface area contributed by atoms with Crippen LogP contribution in [0.4, 0.5) is 5.69 Å². The molecule has 0 saturated carbocycles. The number of rotatable bonds is 2. The predicted octanol–water partition coefficient (Wildman–Crippen LogP) is 2.48. The largest absolute Gasteiger partial charge is 0.372 e. The lowest BCUT2D eigenvalue weighted by atomic mass is 9.95. The Labute approximate surface area is 92.1 Å².